The lowest BCUT2D eigenvalue weighted by atomic mass is 10.2. The highest BCUT2D eigenvalue weighted by Gasteiger charge is 2.19. The lowest BCUT2D eigenvalue weighted by Gasteiger charge is -2.07. The monoisotopic (exact) mass is 292 g/mol. The fourth-order valence-electron chi connectivity index (χ4n) is 1.70. The molecule has 0 aliphatic heterocycles. The van der Waals surface area contributed by atoms with Gasteiger partial charge in [0, 0.05) is 17.7 Å². The first-order chi connectivity index (χ1) is 10.0. The van der Waals surface area contributed by atoms with Crippen molar-refractivity contribution < 1.29 is 19.0 Å². The van der Waals surface area contributed by atoms with Crippen molar-refractivity contribution in [3.8, 4) is 5.75 Å². The summed E-state index contributed by atoms with van der Waals surface area (Å²) >= 11 is 0. The second kappa shape index (κ2) is 5.95. The third-order valence-electron chi connectivity index (χ3n) is 2.70. The molecule has 8 heteroatoms. The standard InChI is InChI=1S/C13H9FN2O5/c14-13-9(4-3-6-11(13)16(19)20)8-21-12-7-2-1-5-10(12)15(17)18/h1-7H,8H2. The van der Waals surface area contributed by atoms with Crippen LogP contribution in [-0.2, 0) is 6.61 Å². The van der Waals surface area contributed by atoms with Gasteiger partial charge in [-0.15, -0.1) is 0 Å². The molecule has 0 bridgehead atoms. The molecule has 0 unspecified atom stereocenters. The van der Waals surface area contributed by atoms with Crippen LogP contribution in [0.25, 0.3) is 0 Å². The van der Waals surface area contributed by atoms with Crippen molar-refractivity contribution in [1.82, 2.24) is 0 Å². The molecule has 2 aromatic rings. The third kappa shape index (κ3) is 3.11. The molecular weight excluding hydrogens is 283 g/mol. The molecule has 0 radical (unpaired) electrons. The van der Waals surface area contributed by atoms with Gasteiger partial charge in [0.25, 0.3) is 0 Å². The number of rotatable bonds is 5. The smallest absolute Gasteiger partial charge is 0.310 e. The van der Waals surface area contributed by atoms with Crippen LogP contribution in [0, 0.1) is 26.0 Å². The molecule has 0 saturated carbocycles. The number of halogens is 1. The van der Waals surface area contributed by atoms with Crippen molar-refractivity contribution in [1.29, 1.82) is 0 Å². The molecule has 0 amide bonds. The molecule has 0 aliphatic carbocycles. The van der Waals surface area contributed by atoms with Crippen molar-refractivity contribution in [3.63, 3.8) is 0 Å². The van der Waals surface area contributed by atoms with Crippen LogP contribution in [0.1, 0.15) is 5.56 Å². The minimum absolute atomic E-state index is 0.0339. The zero-order chi connectivity index (χ0) is 15.4. The molecule has 0 atom stereocenters. The van der Waals surface area contributed by atoms with Crippen molar-refractivity contribution in [2.75, 3.05) is 0 Å². The van der Waals surface area contributed by atoms with E-state index in [9.17, 15) is 24.6 Å². The number of para-hydroxylation sites is 2. The molecule has 0 N–H and O–H groups in total. The molecule has 0 heterocycles. The van der Waals surface area contributed by atoms with Crippen LogP contribution in [0.3, 0.4) is 0 Å². The summed E-state index contributed by atoms with van der Waals surface area (Å²) in [5, 5.41) is 21.4. The number of hydrogen-bond acceptors (Lipinski definition) is 5. The lowest BCUT2D eigenvalue weighted by Crippen LogP contribution is -2.03. The van der Waals surface area contributed by atoms with E-state index in [0.29, 0.717) is 0 Å². The fourth-order valence-corrected chi connectivity index (χ4v) is 1.70. The SMILES string of the molecule is O=[N+]([O-])c1ccccc1OCc1cccc([N+](=O)[O-])c1F. The Morgan fingerprint density at radius 1 is 0.952 bits per heavy atom. The average Bonchev–Trinajstić information content (AvgIpc) is 2.46. The molecule has 2 rings (SSSR count). The van der Waals surface area contributed by atoms with E-state index in [1.165, 1.54) is 36.4 Å². The topological polar surface area (TPSA) is 95.5 Å². The average molecular weight is 292 g/mol. The van der Waals surface area contributed by atoms with Gasteiger partial charge in [-0.3, -0.25) is 20.2 Å². The van der Waals surface area contributed by atoms with E-state index in [1.807, 2.05) is 0 Å². The van der Waals surface area contributed by atoms with Gasteiger partial charge < -0.3 is 4.74 Å². The predicted molar refractivity (Wildman–Crippen MR) is 70.5 cm³/mol. The Bertz CT molecular complexity index is 705. The Labute approximate surface area is 117 Å². The first-order valence-electron chi connectivity index (χ1n) is 5.78. The Hall–Kier alpha value is -3.03. The van der Waals surface area contributed by atoms with E-state index in [0.717, 1.165) is 6.07 Å². The fraction of sp³-hybridized carbons (Fsp3) is 0.0769. The summed E-state index contributed by atoms with van der Waals surface area (Å²) in [6.45, 7) is -0.349. The van der Waals surface area contributed by atoms with Crippen LogP contribution in [0.5, 0.6) is 5.75 Å². The van der Waals surface area contributed by atoms with Gasteiger partial charge in [0.2, 0.25) is 5.82 Å². The van der Waals surface area contributed by atoms with Crippen LogP contribution in [0.4, 0.5) is 15.8 Å². The zero-order valence-corrected chi connectivity index (χ0v) is 10.6. The molecule has 7 nitrogen and oxygen atoms in total. The summed E-state index contributed by atoms with van der Waals surface area (Å²) in [5.41, 5.74) is -0.982. The van der Waals surface area contributed by atoms with E-state index in [2.05, 4.69) is 0 Å². The van der Waals surface area contributed by atoms with Gasteiger partial charge in [-0.1, -0.05) is 24.3 Å². The minimum atomic E-state index is -1.01. The van der Waals surface area contributed by atoms with Crippen molar-refractivity contribution >= 4 is 11.4 Å². The second-order valence-corrected chi connectivity index (χ2v) is 4.02. The molecular formula is C13H9FN2O5. The van der Waals surface area contributed by atoms with Crippen molar-refractivity contribution in [2.45, 2.75) is 6.61 Å². The normalized spacial score (nSPS) is 10.1. The van der Waals surface area contributed by atoms with Crippen molar-refractivity contribution in [2.24, 2.45) is 0 Å². The molecule has 21 heavy (non-hydrogen) atoms. The van der Waals surface area contributed by atoms with Crippen LogP contribution in [0.2, 0.25) is 0 Å². The van der Waals surface area contributed by atoms with E-state index in [-0.39, 0.29) is 23.6 Å². The highest BCUT2D eigenvalue weighted by atomic mass is 19.1. The summed E-state index contributed by atoms with van der Waals surface area (Å²) in [7, 11) is 0. The molecule has 0 aliphatic rings. The van der Waals surface area contributed by atoms with Gasteiger partial charge >= 0.3 is 11.4 Å². The number of nitrogens with zero attached hydrogens (tertiary/aromatic N) is 2. The lowest BCUT2D eigenvalue weighted by molar-refractivity contribution is -0.387. The number of nitro groups is 2. The first-order valence-corrected chi connectivity index (χ1v) is 5.78. The van der Waals surface area contributed by atoms with Gasteiger partial charge in [-0.25, -0.2) is 0 Å². The van der Waals surface area contributed by atoms with Crippen LogP contribution in [-0.4, -0.2) is 9.85 Å². The number of ether oxygens (including phenoxy) is 1. The van der Waals surface area contributed by atoms with Crippen LogP contribution in [0.15, 0.2) is 42.5 Å². The first kappa shape index (κ1) is 14.4. The highest BCUT2D eigenvalue weighted by molar-refractivity contribution is 5.46. The van der Waals surface area contributed by atoms with E-state index in [4.69, 9.17) is 4.74 Å². The summed E-state index contributed by atoms with van der Waals surface area (Å²) < 4.78 is 19.0. The van der Waals surface area contributed by atoms with E-state index in [1.54, 1.807) is 0 Å². The summed E-state index contributed by atoms with van der Waals surface area (Å²) in [5.74, 6) is -1.05. The highest BCUT2D eigenvalue weighted by Crippen LogP contribution is 2.28. The van der Waals surface area contributed by atoms with E-state index >= 15 is 0 Å². The molecule has 0 fully saturated rings. The van der Waals surface area contributed by atoms with Crippen LogP contribution < -0.4 is 4.74 Å². The Morgan fingerprint density at radius 3 is 2.24 bits per heavy atom. The van der Waals surface area contributed by atoms with E-state index < -0.39 is 21.4 Å². The maximum atomic E-state index is 13.8. The molecule has 0 spiro atoms. The summed E-state index contributed by atoms with van der Waals surface area (Å²) in [6, 6.07) is 9.29. The van der Waals surface area contributed by atoms with Gasteiger partial charge in [0.1, 0.15) is 6.61 Å². The zero-order valence-electron chi connectivity index (χ0n) is 10.6. The molecule has 0 aromatic heterocycles. The number of nitro benzene ring substituents is 2. The minimum Gasteiger partial charge on any atom is -0.482 e. The largest absolute Gasteiger partial charge is 0.482 e. The molecule has 108 valence electrons. The molecule has 0 saturated heterocycles. The third-order valence-corrected chi connectivity index (χ3v) is 2.70. The Kier molecular flexibility index (Phi) is 4.07. The van der Waals surface area contributed by atoms with Gasteiger partial charge in [0.15, 0.2) is 5.75 Å². The maximum absolute atomic E-state index is 13.8. The van der Waals surface area contributed by atoms with Crippen LogP contribution >= 0.6 is 0 Å². The van der Waals surface area contributed by atoms with Gasteiger partial charge in [-0.05, 0) is 6.07 Å². The van der Waals surface area contributed by atoms with Gasteiger partial charge in [-0.2, -0.15) is 4.39 Å². The summed E-state index contributed by atoms with van der Waals surface area (Å²) in [4.78, 5) is 20.0. The number of hydrogen-bond donors (Lipinski definition) is 0. The number of benzene rings is 2. The maximum Gasteiger partial charge on any atom is 0.310 e. The Balaban J connectivity index is 2.23. The second-order valence-electron chi connectivity index (χ2n) is 4.02. The molecule has 2 aromatic carbocycles. The van der Waals surface area contributed by atoms with Crippen molar-refractivity contribution in [3.05, 3.63) is 74.1 Å². The Morgan fingerprint density at radius 2 is 1.57 bits per heavy atom. The van der Waals surface area contributed by atoms with Gasteiger partial charge in [0.05, 0.1) is 9.85 Å². The summed E-state index contributed by atoms with van der Waals surface area (Å²) in [6.07, 6.45) is 0. The quantitative estimate of drug-likeness (QED) is 0.622. The predicted octanol–water partition coefficient (Wildman–Crippen LogP) is 3.22.